The van der Waals surface area contributed by atoms with Gasteiger partial charge in [-0.3, -0.25) is 10.1 Å². The maximum Gasteiger partial charge on any atom is 0.277 e. The van der Waals surface area contributed by atoms with E-state index in [1.807, 2.05) is 49.4 Å². The van der Waals surface area contributed by atoms with Crippen LogP contribution >= 0.6 is 11.3 Å². The van der Waals surface area contributed by atoms with Crippen molar-refractivity contribution in [2.75, 3.05) is 5.32 Å². The Bertz CT molecular complexity index is 1020. The molecule has 24 heavy (non-hydrogen) atoms. The lowest BCUT2D eigenvalue weighted by molar-refractivity contribution is 0.102. The van der Waals surface area contributed by atoms with Gasteiger partial charge in [-0.1, -0.05) is 35.6 Å². The van der Waals surface area contributed by atoms with Gasteiger partial charge in [0, 0.05) is 6.20 Å². The number of carbonyl (C=O) groups excluding carboxylic acids is 1. The highest BCUT2D eigenvalue weighted by atomic mass is 32.1. The van der Waals surface area contributed by atoms with Crippen molar-refractivity contribution in [3.63, 3.8) is 0 Å². The van der Waals surface area contributed by atoms with Gasteiger partial charge in [0.1, 0.15) is 0 Å². The van der Waals surface area contributed by atoms with Crippen LogP contribution in [-0.2, 0) is 0 Å². The molecule has 2 aromatic carbocycles. The monoisotopic (exact) mass is 334 g/mol. The molecule has 0 bridgehead atoms. The van der Waals surface area contributed by atoms with Crippen molar-refractivity contribution in [1.82, 2.24) is 14.8 Å². The third-order valence-corrected chi connectivity index (χ3v) is 4.54. The zero-order valence-corrected chi connectivity index (χ0v) is 13.7. The number of nitrogens with one attached hydrogen (secondary N) is 1. The zero-order chi connectivity index (χ0) is 16.5. The second-order valence-electron chi connectivity index (χ2n) is 5.43. The molecule has 0 aliphatic rings. The molecule has 118 valence electrons. The molecule has 6 heteroatoms. The Morgan fingerprint density at radius 2 is 1.96 bits per heavy atom. The molecule has 2 aromatic heterocycles. The Morgan fingerprint density at radius 3 is 2.79 bits per heavy atom. The molecule has 0 aliphatic heterocycles. The number of fused-ring (bicyclic) bond motifs is 1. The Morgan fingerprint density at radius 1 is 1.12 bits per heavy atom. The maximum absolute atomic E-state index is 12.4. The van der Waals surface area contributed by atoms with Gasteiger partial charge < -0.3 is 0 Å². The minimum Gasteiger partial charge on any atom is -0.296 e. The van der Waals surface area contributed by atoms with Crippen LogP contribution in [-0.4, -0.2) is 20.7 Å². The Balaban J connectivity index is 1.56. The van der Waals surface area contributed by atoms with E-state index in [9.17, 15) is 4.79 Å². The highest BCUT2D eigenvalue weighted by Gasteiger charge is 2.13. The lowest BCUT2D eigenvalue weighted by atomic mass is 10.2. The fourth-order valence-corrected chi connectivity index (χ4v) is 3.38. The molecule has 4 aromatic rings. The summed E-state index contributed by atoms with van der Waals surface area (Å²) in [5, 5.41) is 7.73. The van der Waals surface area contributed by atoms with Crippen LogP contribution in [0, 0.1) is 6.92 Å². The smallest absolute Gasteiger partial charge is 0.277 e. The van der Waals surface area contributed by atoms with Gasteiger partial charge >= 0.3 is 0 Å². The number of carbonyl (C=O) groups is 1. The number of nitrogens with zero attached hydrogens (tertiary/aromatic N) is 3. The van der Waals surface area contributed by atoms with E-state index >= 15 is 0 Å². The van der Waals surface area contributed by atoms with Gasteiger partial charge in [-0.15, -0.1) is 0 Å². The summed E-state index contributed by atoms with van der Waals surface area (Å²) in [6.07, 6.45) is 1.77. The first-order chi connectivity index (χ1) is 11.7. The van der Waals surface area contributed by atoms with Crippen molar-refractivity contribution in [3.8, 4) is 5.69 Å². The molecule has 0 unspecified atom stereocenters. The molecule has 2 heterocycles. The van der Waals surface area contributed by atoms with Crippen molar-refractivity contribution in [1.29, 1.82) is 0 Å². The van der Waals surface area contributed by atoms with Gasteiger partial charge in [-0.05, 0) is 42.8 Å². The number of anilines is 1. The number of hydrogen-bond donors (Lipinski definition) is 1. The van der Waals surface area contributed by atoms with Gasteiger partial charge in [0.15, 0.2) is 10.8 Å². The fraction of sp³-hybridized carbons (Fsp3) is 0.0556. The third-order valence-electron chi connectivity index (χ3n) is 3.61. The molecule has 0 radical (unpaired) electrons. The quantitative estimate of drug-likeness (QED) is 0.615. The predicted molar refractivity (Wildman–Crippen MR) is 95.9 cm³/mol. The summed E-state index contributed by atoms with van der Waals surface area (Å²) >= 11 is 1.46. The standard InChI is InChI=1S/C18H14N4OS/c1-12-7-8-14-16(11-12)24-18(19-14)20-17(23)15-9-10-22(21-15)13-5-3-2-4-6-13/h2-11H,1H3,(H,19,20,23). The summed E-state index contributed by atoms with van der Waals surface area (Å²) in [7, 11) is 0. The van der Waals surface area contributed by atoms with E-state index in [2.05, 4.69) is 21.5 Å². The first kappa shape index (κ1) is 14.6. The van der Waals surface area contributed by atoms with E-state index in [4.69, 9.17) is 0 Å². The van der Waals surface area contributed by atoms with E-state index < -0.39 is 0 Å². The molecule has 0 saturated carbocycles. The fourth-order valence-electron chi connectivity index (χ4n) is 2.42. The molecule has 1 N–H and O–H groups in total. The summed E-state index contributed by atoms with van der Waals surface area (Å²) < 4.78 is 2.73. The molecule has 1 amide bonds. The van der Waals surface area contributed by atoms with E-state index in [1.165, 1.54) is 16.9 Å². The number of thiazole rings is 1. The minimum atomic E-state index is -0.263. The maximum atomic E-state index is 12.4. The SMILES string of the molecule is Cc1ccc2nc(NC(=O)c3ccn(-c4ccccc4)n3)sc2c1. The number of aromatic nitrogens is 3. The van der Waals surface area contributed by atoms with E-state index in [1.54, 1.807) is 16.9 Å². The van der Waals surface area contributed by atoms with Gasteiger partial charge in [-0.25, -0.2) is 9.67 Å². The second kappa shape index (κ2) is 5.90. The zero-order valence-electron chi connectivity index (χ0n) is 12.9. The summed E-state index contributed by atoms with van der Waals surface area (Å²) in [6.45, 7) is 2.04. The topological polar surface area (TPSA) is 59.8 Å². The van der Waals surface area contributed by atoms with E-state index in [-0.39, 0.29) is 5.91 Å². The van der Waals surface area contributed by atoms with Crippen LogP contribution in [0.2, 0.25) is 0 Å². The molecule has 0 atom stereocenters. The lowest BCUT2D eigenvalue weighted by Gasteiger charge is -2.00. The lowest BCUT2D eigenvalue weighted by Crippen LogP contribution is -2.12. The molecular weight excluding hydrogens is 320 g/mol. The largest absolute Gasteiger partial charge is 0.296 e. The summed E-state index contributed by atoms with van der Waals surface area (Å²) in [5.41, 5.74) is 3.32. The Labute approximate surface area is 142 Å². The van der Waals surface area contributed by atoms with Crippen LogP contribution in [0.3, 0.4) is 0 Å². The van der Waals surface area contributed by atoms with Crippen LogP contribution in [0.1, 0.15) is 16.1 Å². The van der Waals surface area contributed by atoms with Crippen LogP contribution < -0.4 is 5.32 Å². The van der Waals surface area contributed by atoms with Gasteiger partial charge in [0.25, 0.3) is 5.91 Å². The number of rotatable bonds is 3. The molecular formula is C18H14N4OS. The molecule has 4 rings (SSSR count). The number of hydrogen-bond acceptors (Lipinski definition) is 4. The Kier molecular flexibility index (Phi) is 3.59. The number of para-hydroxylation sites is 1. The van der Waals surface area contributed by atoms with Gasteiger partial charge in [0.2, 0.25) is 0 Å². The predicted octanol–water partition coefficient (Wildman–Crippen LogP) is 4.04. The normalized spacial score (nSPS) is 10.9. The minimum absolute atomic E-state index is 0.263. The first-order valence-corrected chi connectivity index (χ1v) is 8.30. The highest BCUT2D eigenvalue weighted by molar-refractivity contribution is 7.22. The average molecular weight is 334 g/mol. The molecule has 0 fully saturated rings. The summed E-state index contributed by atoms with van der Waals surface area (Å²) in [6, 6.07) is 17.4. The van der Waals surface area contributed by atoms with Crippen LogP contribution in [0.5, 0.6) is 0 Å². The van der Waals surface area contributed by atoms with Gasteiger partial charge in [0.05, 0.1) is 15.9 Å². The average Bonchev–Trinajstić information content (AvgIpc) is 3.22. The number of amides is 1. The summed E-state index contributed by atoms with van der Waals surface area (Å²) in [4.78, 5) is 16.8. The van der Waals surface area contributed by atoms with Crippen molar-refractivity contribution in [3.05, 3.63) is 72.1 Å². The molecule has 0 aliphatic carbocycles. The second-order valence-corrected chi connectivity index (χ2v) is 6.46. The Hall–Kier alpha value is -2.99. The van der Waals surface area contributed by atoms with Crippen molar-refractivity contribution < 1.29 is 4.79 Å². The van der Waals surface area contributed by atoms with Crippen LogP contribution in [0.25, 0.3) is 15.9 Å². The van der Waals surface area contributed by atoms with Crippen molar-refractivity contribution in [2.24, 2.45) is 0 Å². The molecule has 5 nitrogen and oxygen atoms in total. The van der Waals surface area contributed by atoms with Gasteiger partial charge in [-0.2, -0.15) is 5.10 Å². The third kappa shape index (κ3) is 2.79. The highest BCUT2D eigenvalue weighted by Crippen LogP contribution is 2.26. The molecule has 0 spiro atoms. The summed E-state index contributed by atoms with van der Waals surface area (Å²) in [5.74, 6) is -0.263. The first-order valence-electron chi connectivity index (χ1n) is 7.49. The van der Waals surface area contributed by atoms with Crippen molar-refractivity contribution in [2.45, 2.75) is 6.92 Å². The van der Waals surface area contributed by atoms with Crippen LogP contribution in [0.15, 0.2) is 60.8 Å². The van der Waals surface area contributed by atoms with Crippen molar-refractivity contribution >= 4 is 32.6 Å². The van der Waals surface area contributed by atoms with E-state index in [0.29, 0.717) is 10.8 Å². The number of aryl methyl sites for hydroxylation is 1. The molecule has 0 saturated heterocycles. The van der Waals surface area contributed by atoms with Crippen LogP contribution in [0.4, 0.5) is 5.13 Å². The number of benzene rings is 2. The van der Waals surface area contributed by atoms with E-state index in [0.717, 1.165) is 15.9 Å².